The topological polar surface area (TPSA) is 9.23 Å². The van der Waals surface area contributed by atoms with Gasteiger partial charge in [-0.1, -0.05) is 32.9 Å². The molecule has 1 heteroatoms. The predicted molar refractivity (Wildman–Crippen MR) is 53.7 cm³/mol. The summed E-state index contributed by atoms with van der Waals surface area (Å²) in [4.78, 5) is 0. The standard InChI is InChI=1S/C10H14O.CH4/c1-3-5-9-6-4-7-10(8-9)11-2;/h4,6-8H,3,5H2,1-2H3;1H4. The summed E-state index contributed by atoms with van der Waals surface area (Å²) in [6.45, 7) is 2.18. The van der Waals surface area contributed by atoms with Gasteiger partial charge in [-0.2, -0.15) is 0 Å². The molecule has 1 nitrogen and oxygen atoms in total. The molecule has 0 spiro atoms. The van der Waals surface area contributed by atoms with Gasteiger partial charge in [-0.3, -0.25) is 0 Å². The molecular weight excluding hydrogens is 148 g/mol. The Morgan fingerprint density at radius 1 is 1.33 bits per heavy atom. The van der Waals surface area contributed by atoms with Crippen molar-refractivity contribution in [3.8, 4) is 5.75 Å². The van der Waals surface area contributed by atoms with E-state index >= 15 is 0 Å². The summed E-state index contributed by atoms with van der Waals surface area (Å²) in [7, 11) is 1.70. The monoisotopic (exact) mass is 166 g/mol. The molecule has 0 saturated carbocycles. The maximum Gasteiger partial charge on any atom is 0.119 e. The molecule has 0 aliphatic rings. The maximum absolute atomic E-state index is 5.10. The summed E-state index contributed by atoms with van der Waals surface area (Å²) in [6, 6.07) is 8.22. The van der Waals surface area contributed by atoms with E-state index in [2.05, 4.69) is 19.1 Å². The van der Waals surface area contributed by atoms with E-state index in [0.717, 1.165) is 12.2 Å². The van der Waals surface area contributed by atoms with Gasteiger partial charge in [0.1, 0.15) is 5.75 Å². The van der Waals surface area contributed by atoms with Crippen molar-refractivity contribution < 1.29 is 4.74 Å². The van der Waals surface area contributed by atoms with E-state index in [-0.39, 0.29) is 7.43 Å². The van der Waals surface area contributed by atoms with Crippen LogP contribution in [0.4, 0.5) is 0 Å². The molecule has 12 heavy (non-hydrogen) atoms. The molecule has 0 aromatic heterocycles. The lowest BCUT2D eigenvalue weighted by atomic mass is 10.1. The molecular formula is C11H18O. The quantitative estimate of drug-likeness (QED) is 0.669. The highest BCUT2D eigenvalue weighted by Crippen LogP contribution is 2.13. The van der Waals surface area contributed by atoms with Crippen LogP contribution in [0.5, 0.6) is 5.75 Å². The van der Waals surface area contributed by atoms with Crippen LogP contribution < -0.4 is 4.74 Å². The summed E-state index contributed by atoms with van der Waals surface area (Å²) in [5.41, 5.74) is 1.35. The molecule has 0 heterocycles. The van der Waals surface area contributed by atoms with Crippen molar-refractivity contribution in [2.24, 2.45) is 0 Å². The van der Waals surface area contributed by atoms with E-state index in [9.17, 15) is 0 Å². The highest BCUT2D eigenvalue weighted by Gasteiger charge is 1.92. The first kappa shape index (κ1) is 11.0. The first-order chi connectivity index (χ1) is 5.36. The summed E-state index contributed by atoms with van der Waals surface area (Å²) < 4.78 is 5.10. The number of hydrogen-bond acceptors (Lipinski definition) is 1. The lowest BCUT2D eigenvalue weighted by Gasteiger charge is -2.01. The molecule has 0 amide bonds. The van der Waals surface area contributed by atoms with Gasteiger partial charge >= 0.3 is 0 Å². The van der Waals surface area contributed by atoms with Crippen LogP contribution in [0.2, 0.25) is 0 Å². The van der Waals surface area contributed by atoms with Crippen molar-refractivity contribution in [2.75, 3.05) is 7.11 Å². The Balaban J connectivity index is 0.00000121. The zero-order chi connectivity index (χ0) is 8.10. The van der Waals surface area contributed by atoms with E-state index < -0.39 is 0 Å². The molecule has 0 saturated heterocycles. The minimum atomic E-state index is 0. The third-order valence-corrected chi connectivity index (χ3v) is 1.67. The largest absolute Gasteiger partial charge is 0.497 e. The van der Waals surface area contributed by atoms with Crippen molar-refractivity contribution in [1.29, 1.82) is 0 Å². The first-order valence-corrected chi connectivity index (χ1v) is 3.99. The Kier molecular flexibility index (Phi) is 5.18. The molecule has 0 radical (unpaired) electrons. The summed E-state index contributed by atoms with van der Waals surface area (Å²) in [6.07, 6.45) is 2.32. The van der Waals surface area contributed by atoms with Crippen LogP contribution in [0.25, 0.3) is 0 Å². The number of benzene rings is 1. The van der Waals surface area contributed by atoms with Crippen LogP contribution >= 0.6 is 0 Å². The molecule has 1 aromatic rings. The fraction of sp³-hybridized carbons (Fsp3) is 0.455. The maximum atomic E-state index is 5.10. The lowest BCUT2D eigenvalue weighted by molar-refractivity contribution is 0.414. The van der Waals surface area contributed by atoms with Crippen molar-refractivity contribution in [2.45, 2.75) is 27.2 Å². The number of methoxy groups -OCH3 is 1. The van der Waals surface area contributed by atoms with Crippen LogP contribution in [0.3, 0.4) is 0 Å². The average Bonchev–Trinajstić information content (AvgIpc) is 2.06. The summed E-state index contributed by atoms with van der Waals surface area (Å²) in [5.74, 6) is 0.955. The molecule has 0 fully saturated rings. The first-order valence-electron chi connectivity index (χ1n) is 3.99. The molecule has 1 aromatic carbocycles. The number of hydrogen-bond donors (Lipinski definition) is 0. The molecule has 0 aliphatic heterocycles. The van der Waals surface area contributed by atoms with Gasteiger partial charge in [0.05, 0.1) is 7.11 Å². The zero-order valence-corrected chi connectivity index (χ0v) is 7.13. The second-order valence-electron chi connectivity index (χ2n) is 2.60. The summed E-state index contributed by atoms with van der Waals surface area (Å²) in [5, 5.41) is 0. The van der Waals surface area contributed by atoms with E-state index in [4.69, 9.17) is 4.74 Å². The zero-order valence-electron chi connectivity index (χ0n) is 7.13. The fourth-order valence-electron chi connectivity index (χ4n) is 1.12. The minimum Gasteiger partial charge on any atom is -0.497 e. The summed E-state index contributed by atoms with van der Waals surface area (Å²) >= 11 is 0. The predicted octanol–water partition coefficient (Wildman–Crippen LogP) is 3.28. The average molecular weight is 166 g/mol. The highest BCUT2D eigenvalue weighted by molar-refractivity contribution is 5.28. The fourth-order valence-corrected chi connectivity index (χ4v) is 1.12. The van der Waals surface area contributed by atoms with Gasteiger partial charge in [-0.25, -0.2) is 0 Å². The van der Waals surface area contributed by atoms with Crippen molar-refractivity contribution in [3.05, 3.63) is 29.8 Å². The van der Waals surface area contributed by atoms with E-state index in [1.165, 1.54) is 12.0 Å². The Bertz CT molecular complexity index is 218. The second-order valence-corrected chi connectivity index (χ2v) is 2.60. The Morgan fingerprint density at radius 2 is 2.08 bits per heavy atom. The molecule has 0 bridgehead atoms. The Labute approximate surface area is 75.4 Å². The third-order valence-electron chi connectivity index (χ3n) is 1.67. The van der Waals surface area contributed by atoms with Crippen molar-refractivity contribution in [3.63, 3.8) is 0 Å². The molecule has 0 N–H and O–H groups in total. The highest BCUT2D eigenvalue weighted by atomic mass is 16.5. The third kappa shape index (κ3) is 2.95. The van der Waals surface area contributed by atoms with Gasteiger partial charge < -0.3 is 4.74 Å². The van der Waals surface area contributed by atoms with Gasteiger partial charge in [0.15, 0.2) is 0 Å². The second kappa shape index (κ2) is 5.64. The van der Waals surface area contributed by atoms with E-state index in [0.29, 0.717) is 0 Å². The smallest absolute Gasteiger partial charge is 0.119 e. The van der Waals surface area contributed by atoms with Crippen LogP contribution in [0, 0.1) is 0 Å². The van der Waals surface area contributed by atoms with Crippen LogP contribution in [-0.4, -0.2) is 7.11 Å². The van der Waals surface area contributed by atoms with Gasteiger partial charge in [0.25, 0.3) is 0 Å². The minimum absolute atomic E-state index is 0. The van der Waals surface area contributed by atoms with Gasteiger partial charge in [0.2, 0.25) is 0 Å². The van der Waals surface area contributed by atoms with Crippen molar-refractivity contribution >= 4 is 0 Å². The van der Waals surface area contributed by atoms with Gasteiger partial charge in [0, 0.05) is 0 Å². The van der Waals surface area contributed by atoms with Crippen LogP contribution in [-0.2, 0) is 6.42 Å². The van der Waals surface area contributed by atoms with E-state index in [1.54, 1.807) is 7.11 Å². The molecule has 0 atom stereocenters. The van der Waals surface area contributed by atoms with Crippen LogP contribution in [0.15, 0.2) is 24.3 Å². The molecule has 0 unspecified atom stereocenters. The van der Waals surface area contributed by atoms with E-state index in [1.807, 2.05) is 12.1 Å². The lowest BCUT2D eigenvalue weighted by Crippen LogP contribution is -1.86. The SMILES string of the molecule is C.CCCc1cccc(OC)c1. The Hall–Kier alpha value is -0.980. The van der Waals surface area contributed by atoms with Crippen molar-refractivity contribution in [1.82, 2.24) is 0 Å². The molecule has 1 rings (SSSR count). The number of ether oxygens (including phenoxy) is 1. The normalized spacial score (nSPS) is 8.83. The molecule has 68 valence electrons. The number of rotatable bonds is 3. The van der Waals surface area contributed by atoms with Crippen LogP contribution in [0.1, 0.15) is 26.3 Å². The number of aryl methyl sites for hydroxylation is 1. The molecule has 0 aliphatic carbocycles. The van der Waals surface area contributed by atoms with Gasteiger partial charge in [-0.15, -0.1) is 0 Å². The Morgan fingerprint density at radius 3 is 2.67 bits per heavy atom. The van der Waals surface area contributed by atoms with Gasteiger partial charge in [-0.05, 0) is 24.1 Å².